The number of carbonyl (C=O) groups is 1. The first-order valence-corrected chi connectivity index (χ1v) is 7.30. The van der Waals surface area contributed by atoms with Gasteiger partial charge in [-0.2, -0.15) is 0 Å². The first kappa shape index (κ1) is 14.1. The summed E-state index contributed by atoms with van der Waals surface area (Å²) in [5, 5.41) is 0. The van der Waals surface area contributed by atoms with Gasteiger partial charge >= 0.3 is 5.97 Å². The van der Waals surface area contributed by atoms with Crippen LogP contribution < -0.4 is 5.73 Å². The molecule has 0 aliphatic carbocycles. The van der Waals surface area contributed by atoms with Crippen molar-refractivity contribution >= 4 is 38.9 Å². The number of anilines is 1. The maximum atomic E-state index is 11.7. The summed E-state index contributed by atoms with van der Waals surface area (Å²) in [6, 6.07) is 6.06. The van der Waals surface area contributed by atoms with E-state index < -0.39 is 0 Å². The summed E-state index contributed by atoms with van der Waals surface area (Å²) in [6.45, 7) is 3.96. The predicted molar refractivity (Wildman–Crippen MR) is 82.7 cm³/mol. The summed E-state index contributed by atoms with van der Waals surface area (Å²) in [6.07, 6.45) is 0. The van der Waals surface area contributed by atoms with E-state index in [1.54, 1.807) is 0 Å². The van der Waals surface area contributed by atoms with Gasteiger partial charge in [0.1, 0.15) is 4.88 Å². The number of ether oxygens (including phenoxy) is 1. The van der Waals surface area contributed by atoms with Crippen molar-refractivity contribution in [1.82, 2.24) is 0 Å². The number of nitrogens with two attached hydrogens (primary N) is 1. The molecule has 0 radical (unpaired) electrons. The topological polar surface area (TPSA) is 52.3 Å². The zero-order valence-corrected chi connectivity index (χ0v) is 13.3. The summed E-state index contributed by atoms with van der Waals surface area (Å²) in [4.78, 5) is 13.2. The van der Waals surface area contributed by atoms with Crippen molar-refractivity contribution in [2.45, 2.75) is 13.8 Å². The van der Waals surface area contributed by atoms with E-state index in [4.69, 9.17) is 10.5 Å². The Morgan fingerprint density at radius 2 is 2.05 bits per heavy atom. The second-order valence-corrected chi connectivity index (χ2v) is 6.19. The monoisotopic (exact) mass is 339 g/mol. The molecule has 2 aromatic rings. The normalized spacial score (nSPS) is 10.5. The van der Waals surface area contributed by atoms with Gasteiger partial charge in [0.05, 0.1) is 12.8 Å². The highest BCUT2D eigenvalue weighted by Crippen LogP contribution is 2.40. The molecule has 1 aromatic heterocycles. The predicted octanol–water partition coefficient (Wildman–Crippen LogP) is 4.16. The van der Waals surface area contributed by atoms with Gasteiger partial charge in [0.25, 0.3) is 0 Å². The van der Waals surface area contributed by atoms with Crippen LogP contribution in [0.1, 0.15) is 20.8 Å². The molecular formula is C14H14BrNO2S. The van der Waals surface area contributed by atoms with Crippen LogP contribution in [0.2, 0.25) is 0 Å². The van der Waals surface area contributed by atoms with Crippen LogP contribution in [0.4, 0.5) is 5.69 Å². The Morgan fingerprint density at radius 3 is 2.68 bits per heavy atom. The minimum Gasteiger partial charge on any atom is -0.465 e. The summed E-state index contributed by atoms with van der Waals surface area (Å²) < 4.78 is 5.76. The Kier molecular flexibility index (Phi) is 3.96. The van der Waals surface area contributed by atoms with Gasteiger partial charge < -0.3 is 10.5 Å². The van der Waals surface area contributed by atoms with Crippen molar-refractivity contribution in [2.24, 2.45) is 0 Å². The first-order chi connectivity index (χ1) is 8.95. The third kappa shape index (κ3) is 2.53. The van der Waals surface area contributed by atoms with Gasteiger partial charge in [-0.05, 0) is 42.7 Å². The largest absolute Gasteiger partial charge is 0.465 e. The van der Waals surface area contributed by atoms with E-state index in [0.717, 1.165) is 26.0 Å². The number of halogens is 1. The number of hydrogen-bond acceptors (Lipinski definition) is 4. The maximum absolute atomic E-state index is 11.7. The molecule has 0 saturated carbocycles. The van der Waals surface area contributed by atoms with E-state index in [-0.39, 0.29) is 5.97 Å². The number of nitrogen functional groups attached to an aromatic ring is 1. The number of aryl methyl sites for hydroxylation is 1. The van der Waals surface area contributed by atoms with Gasteiger partial charge in [-0.15, -0.1) is 11.3 Å². The van der Waals surface area contributed by atoms with E-state index in [0.29, 0.717) is 10.6 Å². The molecule has 2 N–H and O–H groups in total. The third-order valence-corrected chi connectivity index (χ3v) is 4.82. The van der Waals surface area contributed by atoms with Crippen molar-refractivity contribution in [3.63, 3.8) is 0 Å². The molecule has 3 nitrogen and oxygen atoms in total. The lowest BCUT2D eigenvalue weighted by atomic mass is 10.0. The number of carbonyl (C=O) groups excluding carboxylic acids is 1. The van der Waals surface area contributed by atoms with Gasteiger partial charge in [0.2, 0.25) is 0 Å². The van der Waals surface area contributed by atoms with Crippen LogP contribution in [-0.2, 0) is 4.74 Å². The van der Waals surface area contributed by atoms with Crippen LogP contribution in [0.5, 0.6) is 0 Å². The summed E-state index contributed by atoms with van der Waals surface area (Å²) in [5.74, 6) is -0.385. The standard InChI is InChI=1S/C14H14BrNO2S/c1-7-4-5-9(15)6-10(7)12-8(2)11(16)13(19-12)14(17)18-3/h4-6H,16H2,1-3H3. The van der Waals surface area contributed by atoms with Crippen LogP contribution in [0, 0.1) is 13.8 Å². The molecule has 100 valence electrons. The third-order valence-electron chi connectivity index (χ3n) is 3.01. The lowest BCUT2D eigenvalue weighted by molar-refractivity contribution is 0.0607. The number of esters is 1. The Bertz CT molecular complexity index is 649. The molecule has 0 saturated heterocycles. The molecule has 0 amide bonds. The van der Waals surface area contributed by atoms with Gasteiger partial charge in [-0.3, -0.25) is 0 Å². The zero-order chi connectivity index (χ0) is 14.2. The number of rotatable bonds is 2. The van der Waals surface area contributed by atoms with E-state index in [1.807, 2.05) is 32.0 Å². The molecule has 0 unspecified atom stereocenters. The molecular weight excluding hydrogens is 326 g/mol. The molecule has 1 aromatic carbocycles. The first-order valence-electron chi connectivity index (χ1n) is 5.69. The number of hydrogen-bond donors (Lipinski definition) is 1. The van der Waals surface area contributed by atoms with Crippen molar-refractivity contribution in [1.29, 1.82) is 0 Å². The quantitative estimate of drug-likeness (QED) is 0.835. The molecule has 0 bridgehead atoms. The highest BCUT2D eigenvalue weighted by molar-refractivity contribution is 9.10. The summed E-state index contributed by atoms with van der Waals surface area (Å²) in [7, 11) is 1.36. The summed E-state index contributed by atoms with van der Waals surface area (Å²) in [5.41, 5.74) is 9.66. The van der Waals surface area contributed by atoms with Gasteiger partial charge in [0.15, 0.2) is 0 Å². The van der Waals surface area contributed by atoms with E-state index in [2.05, 4.69) is 15.9 Å². The average Bonchev–Trinajstić information content (AvgIpc) is 2.69. The molecule has 0 fully saturated rings. The lowest BCUT2D eigenvalue weighted by Gasteiger charge is -2.05. The van der Waals surface area contributed by atoms with Crippen LogP contribution >= 0.6 is 27.3 Å². The molecule has 0 aliphatic rings. The van der Waals surface area contributed by atoms with Crippen molar-refractivity contribution in [3.05, 3.63) is 38.7 Å². The molecule has 19 heavy (non-hydrogen) atoms. The zero-order valence-electron chi connectivity index (χ0n) is 10.9. The molecule has 1 heterocycles. The van der Waals surface area contributed by atoms with Crippen molar-refractivity contribution < 1.29 is 9.53 Å². The van der Waals surface area contributed by atoms with Crippen LogP contribution in [-0.4, -0.2) is 13.1 Å². The average molecular weight is 340 g/mol. The van der Waals surface area contributed by atoms with E-state index >= 15 is 0 Å². The molecule has 0 aliphatic heterocycles. The van der Waals surface area contributed by atoms with E-state index in [9.17, 15) is 4.79 Å². The lowest BCUT2D eigenvalue weighted by Crippen LogP contribution is -2.01. The van der Waals surface area contributed by atoms with Crippen molar-refractivity contribution in [2.75, 3.05) is 12.8 Å². The van der Waals surface area contributed by atoms with Crippen molar-refractivity contribution in [3.8, 4) is 10.4 Å². The number of methoxy groups -OCH3 is 1. The minimum atomic E-state index is -0.385. The van der Waals surface area contributed by atoms with Crippen LogP contribution in [0.3, 0.4) is 0 Å². The number of thiophene rings is 1. The van der Waals surface area contributed by atoms with Gasteiger partial charge in [0, 0.05) is 9.35 Å². The highest BCUT2D eigenvalue weighted by Gasteiger charge is 2.20. The molecule has 2 rings (SSSR count). The minimum absolute atomic E-state index is 0.385. The highest BCUT2D eigenvalue weighted by atomic mass is 79.9. The van der Waals surface area contributed by atoms with Crippen LogP contribution in [0.15, 0.2) is 22.7 Å². The molecule has 5 heteroatoms. The SMILES string of the molecule is COC(=O)c1sc(-c2cc(Br)ccc2C)c(C)c1N. The molecule has 0 spiro atoms. The second kappa shape index (κ2) is 5.35. The Hall–Kier alpha value is -1.33. The second-order valence-electron chi connectivity index (χ2n) is 4.25. The molecule has 0 atom stereocenters. The Morgan fingerprint density at radius 1 is 1.37 bits per heavy atom. The number of benzene rings is 1. The maximum Gasteiger partial charge on any atom is 0.350 e. The van der Waals surface area contributed by atoms with E-state index in [1.165, 1.54) is 18.4 Å². The Balaban J connectivity index is 2.63. The summed E-state index contributed by atoms with van der Waals surface area (Å²) >= 11 is 4.84. The fourth-order valence-electron chi connectivity index (χ4n) is 1.87. The Labute approximate surface area is 124 Å². The fraction of sp³-hybridized carbons (Fsp3) is 0.214. The van der Waals surface area contributed by atoms with Gasteiger partial charge in [-0.1, -0.05) is 22.0 Å². The smallest absolute Gasteiger partial charge is 0.350 e. The van der Waals surface area contributed by atoms with Crippen LogP contribution in [0.25, 0.3) is 10.4 Å². The van der Waals surface area contributed by atoms with Gasteiger partial charge in [-0.25, -0.2) is 4.79 Å². The fourth-order valence-corrected chi connectivity index (χ4v) is 3.45.